The summed E-state index contributed by atoms with van der Waals surface area (Å²) in [5.74, 6) is -0.584. The van der Waals surface area contributed by atoms with Crippen molar-refractivity contribution >= 4 is 11.9 Å². The van der Waals surface area contributed by atoms with Crippen molar-refractivity contribution in [2.45, 2.75) is 0 Å². The maximum absolute atomic E-state index is 10.3. The molecule has 0 saturated carbocycles. The van der Waals surface area contributed by atoms with Gasteiger partial charge in [0.1, 0.15) is 0 Å². The van der Waals surface area contributed by atoms with Crippen LogP contribution in [0.1, 0.15) is 0 Å². The van der Waals surface area contributed by atoms with Gasteiger partial charge in [0, 0.05) is 0 Å². The first-order valence-electron chi connectivity index (χ1n) is 2.44. The Balaban J connectivity index is 2.48. The highest BCUT2D eigenvalue weighted by molar-refractivity contribution is 5.89. The van der Waals surface area contributed by atoms with Crippen LogP contribution in [0.15, 0.2) is 0 Å². The summed E-state index contributed by atoms with van der Waals surface area (Å²) in [6.45, 7) is -0.833. The molecule has 0 saturated heterocycles. The second kappa shape index (κ2) is 2.87. The minimum atomic E-state index is -0.833. The van der Waals surface area contributed by atoms with E-state index >= 15 is 0 Å². The molecule has 1 amide bonds. The van der Waals surface area contributed by atoms with E-state index in [2.05, 4.69) is 25.9 Å². The number of nitrogens with zero attached hydrogens (tertiary/aromatic N) is 3. The van der Waals surface area contributed by atoms with Gasteiger partial charge in [0.15, 0.2) is 6.61 Å². The molecule has 0 aromatic carbocycles. The van der Waals surface area contributed by atoms with E-state index in [0.29, 0.717) is 0 Å². The van der Waals surface area contributed by atoms with Gasteiger partial charge < -0.3 is 0 Å². The molecular formula is C3H4N5O2. The highest BCUT2D eigenvalue weighted by Crippen LogP contribution is 1.87. The Morgan fingerprint density at radius 1 is 1.70 bits per heavy atom. The highest BCUT2D eigenvalue weighted by atomic mass is 16.3. The van der Waals surface area contributed by atoms with Crippen molar-refractivity contribution < 1.29 is 9.90 Å². The molecule has 0 aliphatic heterocycles. The minimum Gasteiger partial charge on any atom is -0.291 e. The number of hydrogen-bond acceptors (Lipinski definition) is 4. The molecule has 0 spiro atoms. The lowest BCUT2D eigenvalue weighted by Gasteiger charge is -1.91. The zero-order valence-corrected chi connectivity index (χ0v) is 4.87. The summed E-state index contributed by atoms with van der Waals surface area (Å²) >= 11 is 0. The van der Waals surface area contributed by atoms with Crippen LogP contribution in [-0.4, -0.2) is 33.1 Å². The van der Waals surface area contributed by atoms with Crippen LogP contribution < -0.4 is 5.32 Å². The van der Waals surface area contributed by atoms with E-state index in [4.69, 9.17) is 0 Å². The number of H-pyrrole nitrogens is 1. The molecular weight excluding hydrogens is 138 g/mol. The van der Waals surface area contributed by atoms with Crippen LogP contribution in [0.2, 0.25) is 0 Å². The molecule has 0 atom stereocenters. The third kappa shape index (κ3) is 1.49. The maximum Gasteiger partial charge on any atom is 0.256 e. The van der Waals surface area contributed by atoms with Crippen molar-refractivity contribution in [3.63, 3.8) is 0 Å². The molecule has 0 fully saturated rings. The van der Waals surface area contributed by atoms with Crippen molar-refractivity contribution in [1.29, 1.82) is 0 Å². The Kier molecular flexibility index (Phi) is 1.90. The Labute approximate surface area is 55.4 Å². The van der Waals surface area contributed by atoms with Crippen molar-refractivity contribution in [2.24, 2.45) is 0 Å². The Hall–Kier alpha value is -1.50. The summed E-state index contributed by atoms with van der Waals surface area (Å²) in [6, 6.07) is 0. The molecule has 1 aromatic heterocycles. The number of amides is 1. The monoisotopic (exact) mass is 142 g/mol. The number of hydrogen-bond donors (Lipinski definition) is 2. The Morgan fingerprint density at radius 3 is 3.00 bits per heavy atom. The predicted octanol–water partition coefficient (Wildman–Crippen LogP) is -1.43. The lowest BCUT2D eigenvalue weighted by atomic mass is 10.6. The second-order valence-electron chi connectivity index (χ2n) is 1.44. The summed E-state index contributed by atoms with van der Waals surface area (Å²) < 4.78 is 0. The predicted molar refractivity (Wildman–Crippen MR) is 28.4 cm³/mol. The largest absolute Gasteiger partial charge is 0.291 e. The Bertz CT molecular complexity index is 207. The molecule has 0 unspecified atom stereocenters. The van der Waals surface area contributed by atoms with Crippen LogP contribution in [0.3, 0.4) is 0 Å². The molecule has 0 aliphatic carbocycles. The quantitative estimate of drug-likeness (QED) is 0.528. The molecule has 2 N–H and O–H groups in total. The van der Waals surface area contributed by atoms with Crippen LogP contribution in [0.4, 0.5) is 5.95 Å². The van der Waals surface area contributed by atoms with Gasteiger partial charge in [-0.15, -0.1) is 0 Å². The summed E-state index contributed by atoms with van der Waals surface area (Å²) in [5, 5.41) is 23.9. The third-order valence-corrected chi connectivity index (χ3v) is 0.734. The Morgan fingerprint density at radius 2 is 2.50 bits per heavy atom. The zero-order chi connectivity index (χ0) is 7.40. The van der Waals surface area contributed by atoms with Gasteiger partial charge >= 0.3 is 0 Å². The summed E-state index contributed by atoms with van der Waals surface area (Å²) in [6.07, 6.45) is 0. The summed E-state index contributed by atoms with van der Waals surface area (Å²) in [5.41, 5.74) is 0. The van der Waals surface area contributed by atoms with Crippen LogP contribution in [0, 0.1) is 0 Å². The number of nitrogens with one attached hydrogen (secondary N) is 2. The number of aromatic nitrogens is 4. The number of carbonyl (C=O) groups is 1. The van der Waals surface area contributed by atoms with E-state index < -0.39 is 12.5 Å². The maximum atomic E-state index is 10.3. The van der Waals surface area contributed by atoms with Crippen molar-refractivity contribution in [3.05, 3.63) is 0 Å². The average Bonchev–Trinajstić information content (AvgIpc) is 2.40. The van der Waals surface area contributed by atoms with E-state index in [1.807, 2.05) is 0 Å². The van der Waals surface area contributed by atoms with Crippen LogP contribution >= 0.6 is 0 Å². The smallest absolute Gasteiger partial charge is 0.256 e. The molecule has 7 nitrogen and oxygen atoms in total. The third-order valence-electron chi connectivity index (χ3n) is 0.734. The average molecular weight is 142 g/mol. The van der Waals surface area contributed by atoms with Gasteiger partial charge in [0.25, 0.3) is 5.91 Å². The van der Waals surface area contributed by atoms with Crippen molar-refractivity contribution in [2.75, 3.05) is 11.9 Å². The van der Waals surface area contributed by atoms with E-state index in [9.17, 15) is 9.90 Å². The normalized spacial score (nSPS) is 9.30. The van der Waals surface area contributed by atoms with Gasteiger partial charge in [-0.1, -0.05) is 5.10 Å². The SMILES string of the molecule is [O]CC(=O)Nc1nnn[nH]1. The molecule has 1 heterocycles. The van der Waals surface area contributed by atoms with Gasteiger partial charge in [0.05, 0.1) is 0 Å². The number of anilines is 1. The molecule has 7 heteroatoms. The van der Waals surface area contributed by atoms with Gasteiger partial charge in [-0.2, -0.15) is 0 Å². The van der Waals surface area contributed by atoms with E-state index in [1.54, 1.807) is 0 Å². The van der Waals surface area contributed by atoms with Gasteiger partial charge in [-0.3, -0.25) is 10.1 Å². The fourth-order valence-corrected chi connectivity index (χ4v) is 0.380. The molecule has 53 valence electrons. The number of tetrazole rings is 1. The molecule has 0 bridgehead atoms. The standard InChI is InChI=1S/C3H4N5O2/c9-1-2(10)4-3-5-7-8-6-3/h1H2,(H2,4,5,6,7,8,10). The second-order valence-corrected chi connectivity index (χ2v) is 1.44. The number of aromatic amines is 1. The topological polar surface area (TPSA) is 103 Å². The molecule has 1 radical (unpaired) electrons. The van der Waals surface area contributed by atoms with Crippen molar-refractivity contribution in [3.8, 4) is 0 Å². The first kappa shape index (κ1) is 6.62. The summed E-state index contributed by atoms with van der Waals surface area (Å²) in [4.78, 5) is 10.3. The lowest BCUT2D eigenvalue weighted by molar-refractivity contribution is -0.120. The highest BCUT2D eigenvalue weighted by Gasteiger charge is 2.01. The van der Waals surface area contributed by atoms with E-state index in [1.165, 1.54) is 0 Å². The molecule has 1 aromatic rings. The molecule has 10 heavy (non-hydrogen) atoms. The number of rotatable bonds is 2. The molecule has 0 aliphatic rings. The number of carbonyl (C=O) groups excluding carboxylic acids is 1. The first-order valence-corrected chi connectivity index (χ1v) is 2.44. The van der Waals surface area contributed by atoms with E-state index in [0.717, 1.165) is 0 Å². The van der Waals surface area contributed by atoms with Crippen LogP contribution in [-0.2, 0) is 9.90 Å². The van der Waals surface area contributed by atoms with E-state index in [-0.39, 0.29) is 5.95 Å². The summed E-state index contributed by atoms with van der Waals surface area (Å²) in [7, 11) is 0. The lowest BCUT2D eigenvalue weighted by Crippen LogP contribution is -2.15. The van der Waals surface area contributed by atoms with Crippen molar-refractivity contribution in [1.82, 2.24) is 20.6 Å². The fourth-order valence-electron chi connectivity index (χ4n) is 0.380. The minimum absolute atomic E-state index is 0.0841. The van der Waals surface area contributed by atoms with Gasteiger partial charge in [0.2, 0.25) is 5.95 Å². The van der Waals surface area contributed by atoms with Gasteiger partial charge in [-0.05, 0) is 10.4 Å². The zero-order valence-electron chi connectivity index (χ0n) is 4.87. The molecule has 1 rings (SSSR count). The first-order chi connectivity index (χ1) is 4.83. The fraction of sp³-hybridized carbons (Fsp3) is 0.333. The van der Waals surface area contributed by atoms with Crippen LogP contribution in [0.5, 0.6) is 0 Å². The van der Waals surface area contributed by atoms with Crippen LogP contribution in [0.25, 0.3) is 0 Å². The van der Waals surface area contributed by atoms with Gasteiger partial charge in [-0.25, -0.2) is 10.2 Å².